The third kappa shape index (κ3) is 3.38. The molecule has 132 valence electrons. The molecule has 2 aliphatic heterocycles. The van der Waals surface area contributed by atoms with E-state index < -0.39 is 0 Å². The number of carbonyl (C=O) groups is 1. The molecule has 0 bridgehead atoms. The summed E-state index contributed by atoms with van der Waals surface area (Å²) in [7, 11) is 0. The summed E-state index contributed by atoms with van der Waals surface area (Å²) >= 11 is 0. The van der Waals surface area contributed by atoms with Gasteiger partial charge in [0, 0.05) is 24.4 Å². The molecule has 0 radical (unpaired) electrons. The van der Waals surface area contributed by atoms with Crippen LogP contribution in [0.25, 0.3) is 5.65 Å². The molecule has 4 N–H and O–H groups in total. The van der Waals surface area contributed by atoms with E-state index in [0.717, 1.165) is 25.2 Å². The molecule has 2 aliphatic rings. The summed E-state index contributed by atoms with van der Waals surface area (Å²) in [5.74, 6) is 0.584. The van der Waals surface area contributed by atoms with Crippen LogP contribution in [0.4, 0.5) is 5.82 Å². The molecule has 2 aromatic heterocycles. The van der Waals surface area contributed by atoms with Gasteiger partial charge in [-0.15, -0.1) is 0 Å². The highest BCUT2D eigenvalue weighted by molar-refractivity contribution is 5.96. The highest BCUT2D eigenvalue weighted by Gasteiger charge is 2.20. The average molecular weight is 349 g/mol. The predicted molar refractivity (Wildman–Crippen MR) is 97.1 cm³/mol. The average Bonchev–Trinajstić information content (AvgIpc) is 3.30. The molecule has 0 spiro atoms. The van der Waals surface area contributed by atoms with Gasteiger partial charge in [0.1, 0.15) is 23.7 Å². The molecule has 1 fully saturated rings. The van der Waals surface area contributed by atoms with Crippen molar-refractivity contribution in [2.24, 2.45) is 0 Å². The third-order valence-electron chi connectivity index (χ3n) is 4.43. The number of imidazole rings is 1. The number of rotatable bonds is 4. The summed E-state index contributed by atoms with van der Waals surface area (Å²) in [5, 5.41) is 21.6. The summed E-state index contributed by atoms with van der Waals surface area (Å²) in [4.78, 5) is 16.9. The van der Waals surface area contributed by atoms with E-state index in [1.54, 1.807) is 35.0 Å². The fourth-order valence-electron chi connectivity index (χ4n) is 3.09. The van der Waals surface area contributed by atoms with E-state index in [0.29, 0.717) is 17.0 Å². The number of anilines is 1. The van der Waals surface area contributed by atoms with Gasteiger partial charge >= 0.3 is 0 Å². The summed E-state index contributed by atoms with van der Waals surface area (Å²) in [5.41, 5.74) is 1.93. The van der Waals surface area contributed by atoms with Gasteiger partial charge in [0.05, 0.1) is 11.8 Å². The number of pyridine rings is 1. The summed E-state index contributed by atoms with van der Waals surface area (Å²) in [6, 6.07) is 5.82. The van der Waals surface area contributed by atoms with E-state index in [4.69, 9.17) is 5.26 Å². The van der Waals surface area contributed by atoms with Crippen LogP contribution in [-0.4, -0.2) is 40.6 Å². The Bertz CT molecular complexity index is 931. The molecule has 1 amide bonds. The number of fused-ring (bicyclic) bond motifs is 1. The molecule has 4 heterocycles. The van der Waals surface area contributed by atoms with Gasteiger partial charge in [0.15, 0.2) is 0 Å². The number of aromatic nitrogens is 2. The second-order valence-corrected chi connectivity index (χ2v) is 6.33. The summed E-state index contributed by atoms with van der Waals surface area (Å²) in [6.45, 7) is 1.75. The minimum absolute atomic E-state index is 0.0723. The van der Waals surface area contributed by atoms with Crippen LogP contribution >= 0.6 is 0 Å². The van der Waals surface area contributed by atoms with Crippen LogP contribution in [0.1, 0.15) is 12.0 Å². The van der Waals surface area contributed by atoms with Gasteiger partial charge in [0.25, 0.3) is 5.91 Å². The molecule has 8 nitrogen and oxygen atoms in total. The van der Waals surface area contributed by atoms with Gasteiger partial charge in [-0.25, -0.2) is 4.98 Å². The normalized spacial score (nSPS) is 21.7. The number of hydrogen-bond donors (Lipinski definition) is 4. The van der Waals surface area contributed by atoms with Gasteiger partial charge in [-0.1, -0.05) is 0 Å². The van der Waals surface area contributed by atoms with Crippen molar-refractivity contribution in [1.29, 1.82) is 5.26 Å². The van der Waals surface area contributed by atoms with Crippen LogP contribution < -0.4 is 21.3 Å². The number of carbonyl (C=O) groups excluding carboxylic acids is 1. The minimum Gasteiger partial charge on any atom is -0.368 e. The SMILES string of the molecule is N#Cc1ccc2nc(NC3C=C(C(=O)N[C@H]4CCNC4)C=CN3)cn2c1. The highest BCUT2D eigenvalue weighted by Crippen LogP contribution is 2.14. The van der Waals surface area contributed by atoms with E-state index in [2.05, 4.69) is 32.3 Å². The lowest BCUT2D eigenvalue weighted by Gasteiger charge is -2.20. The topological polar surface area (TPSA) is 106 Å². The quantitative estimate of drug-likeness (QED) is 0.639. The minimum atomic E-state index is -0.247. The number of hydrogen-bond acceptors (Lipinski definition) is 6. The van der Waals surface area contributed by atoms with Crippen LogP contribution in [0.3, 0.4) is 0 Å². The van der Waals surface area contributed by atoms with E-state index in [-0.39, 0.29) is 18.1 Å². The molecular weight excluding hydrogens is 330 g/mol. The molecule has 0 aromatic carbocycles. The van der Waals surface area contributed by atoms with Crippen molar-refractivity contribution >= 4 is 17.4 Å². The van der Waals surface area contributed by atoms with Gasteiger partial charge in [-0.2, -0.15) is 5.26 Å². The second-order valence-electron chi connectivity index (χ2n) is 6.33. The van der Waals surface area contributed by atoms with Crippen LogP contribution in [-0.2, 0) is 4.79 Å². The Hall–Kier alpha value is -3.31. The van der Waals surface area contributed by atoms with E-state index in [1.165, 1.54) is 0 Å². The second kappa shape index (κ2) is 6.90. The Morgan fingerprint density at radius 1 is 1.38 bits per heavy atom. The van der Waals surface area contributed by atoms with Crippen molar-refractivity contribution in [3.05, 3.63) is 54.0 Å². The number of dihydropyridines is 1. The van der Waals surface area contributed by atoms with Gasteiger partial charge in [-0.05, 0) is 43.5 Å². The molecule has 2 atom stereocenters. The van der Waals surface area contributed by atoms with E-state index in [1.807, 2.05) is 12.3 Å². The fraction of sp³-hybridized carbons (Fsp3) is 0.278. The Labute approximate surface area is 150 Å². The Balaban J connectivity index is 1.46. The van der Waals surface area contributed by atoms with Crippen molar-refractivity contribution in [3.63, 3.8) is 0 Å². The first kappa shape index (κ1) is 16.2. The molecule has 1 unspecified atom stereocenters. The Morgan fingerprint density at radius 2 is 2.31 bits per heavy atom. The van der Waals surface area contributed by atoms with Crippen molar-refractivity contribution in [1.82, 2.24) is 25.3 Å². The highest BCUT2D eigenvalue weighted by atomic mass is 16.1. The standard InChI is InChI=1S/C18H19N7O/c19-8-12-1-2-17-24-16(11-25(17)10-12)23-15-7-13(3-6-21-15)18(26)22-14-4-5-20-9-14/h1-3,6-7,10-11,14-15,20-21,23H,4-5,9H2,(H,22,26)/t14-,15?/m0/s1. The lowest BCUT2D eigenvalue weighted by Crippen LogP contribution is -2.39. The first-order chi connectivity index (χ1) is 12.7. The van der Waals surface area contributed by atoms with E-state index >= 15 is 0 Å². The lowest BCUT2D eigenvalue weighted by molar-refractivity contribution is -0.117. The van der Waals surface area contributed by atoms with Gasteiger partial charge in [0.2, 0.25) is 0 Å². The van der Waals surface area contributed by atoms with Gasteiger partial charge < -0.3 is 25.7 Å². The Kier molecular flexibility index (Phi) is 4.29. The van der Waals surface area contributed by atoms with Crippen LogP contribution in [0.2, 0.25) is 0 Å². The van der Waals surface area contributed by atoms with Crippen molar-refractivity contribution in [3.8, 4) is 6.07 Å². The largest absolute Gasteiger partial charge is 0.368 e. The van der Waals surface area contributed by atoms with Crippen LogP contribution in [0.5, 0.6) is 0 Å². The molecule has 0 aliphatic carbocycles. The molecular formula is C18H19N7O. The van der Waals surface area contributed by atoms with Crippen LogP contribution in [0, 0.1) is 11.3 Å². The van der Waals surface area contributed by atoms with Gasteiger partial charge in [-0.3, -0.25) is 4.79 Å². The maximum absolute atomic E-state index is 12.4. The number of nitrogens with zero attached hydrogens (tertiary/aromatic N) is 3. The Morgan fingerprint density at radius 3 is 3.12 bits per heavy atom. The molecule has 4 rings (SSSR count). The van der Waals surface area contributed by atoms with Crippen LogP contribution in [0.15, 0.2) is 48.5 Å². The lowest BCUT2D eigenvalue weighted by atomic mass is 10.1. The zero-order valence-electron chi connectivity index (χ0n) is 14.1. The first-order valence-corrected chi connectivity index (χ1v) is 8.53. The molecule has 1 saturated heterocycles. The third-order valence-corrected chi connectivity index (χ3v) is 4.43. The molecule has 8 heteroatoms. The summed E-state index contributed by atoms with van der Waals surface area (Å²) < 4.78 is 1.80. The molecule has 2 aromatic rings. The maximum Gasteiger partial charge on any atom is 0.251 e. The van der Waals surface area contributed by atoms with Crippen molar-refractivity contribution < 1.29 is 4.79 Å². The number of nitrogens with one attached hydrogen (secondary N) is 4. The smallest absolute Gasteiger partial charge is 0.251 e. The maximum atomic E-state index is 12.4. The van der Waals surface area contributed by atoms with Crippen molar-refractivity contribution in [2.45, 2.75) is 18.6 Å². The first-order valence-electron chi connectivity index (χ1n) is 8.53. The summed E-state index contributed by atoms with van der Waals surface area (Å²) in [6.07, 6.45) is 9.60. The number of amides is 1. The molecule has 26 heavy (non-hydrogen) atoms. The zero-order chi connectivity index (χ0) is 17.9. The predicted octanol–water partition coefficient (Wildman–Crippen LogP) is 0.465. The fourth-order valence-corrected chi connectivity index (χ4v) is 3.09. The molecule has 0 saturated carbocycles. The van der Waals surface area contributed by atoms with E-state index in [9.17, 15) is 4.79 Å². The number of nitriles is 1. The monoisotopic (exact) mass is 349 g/mol. The zero-order valence-corrected chi connectivity index (χ0v) is 14.1. The van der Waals surface area contributed by atoms with Crippen molar-refractivity contribution in [2.75, 3.05) is 18.4 Å².